The molecule has 1 saturated heterocycles. The molecule has 118 valence electrons. The number of likely N-dealkylation sites (N-methyl/N-ethyl adjacent to an activating group) is 1. The minimum atomic E-state index is -4.92. The van der Waals surface area contributed by atoms with E-state index >= 15 is 0 Å². The zero-order valence-corrected chi connectivity index (χ0v) is 12.9. The van der Waals surface area contributed by atoms with Gasteiger partial charge in [0.15, 0.2) is 0 Å². The summed E-state index contributed by atoms with van der Waals surface area (Å²) >= 11 is 0. The van der Waals surface area contributed by atoms with Crippen molar-refractivity contribution in [3.05, 3.63) is 42.0 Å². The normalized spacial score (nSPS) is 17.5. The Balaban J connectivity index is 0.000000383. The lowest BCUT2D eigenvalue weighted by Crippen LogP contribution is -2.51. The van der Waals surface area contributed by atoms with Crippen molar-refractivity contribution in [1.29, 1.82) is 0 Å². The first-order chi connectivity index (χ1) is 9.72. The number of benzene rings is 1. The van der Waals surface area contributed by atoms with Gasteiger partial charge in [-0.15, -0.1) is 0 Å². The molecule has 0 saturated carbocycles. The third kappa shape index (κ3) is 7.93. The average Bonchev–Trinajstić information content (AvgIpc) is 2.38. The Morgan fingerprint density at radius 1 is 1.33 bits per heavy atom. The maximum Gasteiger partial charge on any atom is 0.215 e. The van der Waals surface area contributed by atoms with E-state index in [0.29, 0.717) is 0 Å². The van der Waals surface area contributed by atoms with E-state index in [1.54, 1.807) is 0 Å². The van der Waals surface area contributed by atoms with E-state index in [1.165, 1.54) is 11.1 Å². The minimum Gasteiger partial charge on any atom is -0.726 e. The van der Waals surface area contributed by atoms with Gasteiger partial charge in [-0.2, -0.15) is 0 Å². The second kappa shape index (κ2) is 7.67. The molecule has 1 aliphatic heterocycles. The second-order valence-corrected chi connectivity index (χ2v) is 6.07. The van der Waals surface area contributed by atoms with Gasteiger partial charge >= 0.3 is 0 Å². The van der Waals surface area contributed by atoms with Crippen LogP contribution in [-0.4, -0.2) is 55.4 Å². The van der Waals surface area contributed by atoms with E-state index < -0.39 is 10.4 Å². The van der Waals surface area contributed by atoms with Crippen molar-refractivity contribution >= 4 is 16.5 Å². The lowest BCUT2D eigenvalue weighted by atomic mass is 10.1. The summed E-state index contributed by atoms with van der Waals surface area (Å²) in [4.78, 5) is 0. The molecule has 0 aromatic heterocycles. The number of quaternary nitrogens is 1. The lowest BCUT2D eigenvalue weighted by Gasteiger charge is -2.37. The molecule has 2 rings (SSSR count). The van der Waals surface area contributed by atoms with Gasteiger partial charge < -0.3 is 13.8 Å². The van der Waals surface area contributed by atoms with Gasteiger partial charge in [0, 0.05) is 5.56 Å². The van der Waals surface area contributed by atoms with Crippen molar-refractivity contribution in [3.63, 3.8) is 0 Å². The zero-order chi connectivity index (χ0) is 15.9. The molecule has 0 spiro atoms. The predicted octanol–water partition coefficient (Wildman–Crippen LogP) is 1.31. The smallest absolute Gasteiger partial charge is 0.215 e. The van der Waals surface area contributed by atoms with Crippen LogP contribution in [0, 0.1) is 0 Å². The van der Waals surface area contributed by atoms with Crippen molar-refractivity contribution in [2.45, 2.75) is 6.54 Å². The van der Waals surface area contributed by atoms with Gasteiger partial charge in [0.25, 0.3) is 0 Å². The van der Waals surface area contributed by atoms with Crippen LogP contribution < -0.4 is 0 Å². The zero-order valence-electron chi connectivity index (χ0n) is 12.1. The molecule has 7 heteroatoms. The summed E-state index contributed by atoms with van der Waals surface area (Å²) in [5, 5.41) is 0. The van der Waals surface area contributed by atoms with Crippen LogP contribution in [0.4, 0.5) is 0 Å². The van der Waals surface area contributed by atoms with Gasteiger partial charge in [0.05, 0.1) is 20.3 Å². The van der Waals surface area contributed by atoms with Crippen LogP contribution in [0.15, 0.2) is 30.8 Å². The van der Waals surface area contributed by atoms with Gasteiger partial charge in [0.1, 0.15) is 19.6 Å². The standard InChI is InChI=1S/C14H20NO.H2O4S/c1-3-13-4-6-14(7-5-13)12-15(2)8-10-16-11-9-15;1-5(2,3)4/h3-7H,1,8-12H2,2H3;(H2,1,2,3,4)/q+1;/p-1. The second-order valence-electron chi connectivity index (χ2n) is 5.21. The fourth-order valence-corrected chi connectivity index (χ4v) is 2.14. The molecule has 1 aromatic rings. The Kier molecular flexibility index (Phi) is 6.50. The molecule has 0 amide bonds. The van der Waals surface area contributed by atoms with Crippen LogP contribution in [0.25, 0.3) is 6.08 Å². The number of morpholine rings is 1. The summed E-state index contributed by atoms with van der Waals surface area (Å²) in [5.74, 6) is 0. The first-order valence-electron chi connectivity index (χ1n) is 6.53. The van der Waals surface area contributed by atoms with Crippen molar-refractivity contribution in [3.8, 4) is 0 Å². The summed E-state index contributed by atoms with van der Waals surface area (Å²) in [6.07, 6.45) is 1.88. The van der Waals surface area contributed by atoms with Crippen molar-refractivity contribution < 1.29 is 26.7 Å². The number of hydrogen-bond donors (Lipinski definition) is 1. The van der Waals surface area contributed by atoms with Crippen LogP contribution in [0.3, 0.4) is 0 Å². The third-order valence-corrected chi connectivity index (χ3v) is 3.33. The van der Waals surface area contributed by atoms with E-state index in [4.69, 9.17) is 22.3 Å². The van der Waals surface area contributed by atoms with Crippen molar-refractivity contribution in [2.75, 3.05) is 33.4 Å². The summed E-state index contributed by atoms with van der Waals surface area (Å²) in [6.45, 7) is 8.88. The Morgan fingerprint density at radius 2 is 1.81 bits per heavy atom. The fraction of sp³-hybridized carbons (Fsp3) is 0.429. The molecule has 21 heavy (non-hydrogen) atoms. The van der Waals surface area contributed by atoms with E-state index in [9.17, 15) is 0 Å². The molecule has 0 atom stereocenters. The molecule has 6 nitrogen and oxygen atoms in total. The number of rotatable bonds is 3. The molecule has 0 aliphatic carbocycles. The van der Waals surface area contributed by atoms with Crippen LogP contribution in [0.5, 0.6) is 0 Å². The van der Waals surface area contributed by atoms with Gasteiger partial charge in [-0.25, -0.2) is 8.42 Å². The lowest BCUT2D eigenvalue weighted by molar-refractivity contribution is -0.929. The summed E-state index contributed by atoms with van der Waals surface area (Å²) in [6, 6.07) is 8.68. The molecule has 1 N–H and O–H groups in total. The molecule has 1 aromatic carbocycles. The monoisotopic (exact) mass is 315 g/mol. The van der Waals surface area contributed by atoms with Crippen LogP contribution in [0.1, 0.15) is 11.1 Å². The van der Waals surface area contributed by atoms with E-state index in [0.717, 1.165) is 37.3 Å². The molecule has 0 bridgehead atoms. The van der Waals surface area contributed by atoms with Gasteiger partial charge in [-0.3, -0.25) is 4.55 Å². The van der Waals surface area contributed by atoms with Gasteiger partial charge in [-0.05, 0) is 5.56 Å². The fourth-order valence-electron chi connectivity index (χ4n) is 2.14. The molecule has 0 unspecified atom stereocenters. The third-order valence-electron chi connectivity index (χ3n) is 3.33. The van der Waals surface area contributed by atoms with Gasteiger partial charge in [0.2, 0.25) is 10.4 Å². The van der Waals surface area contributed by atoms with Crippen LogP contribution >= 0.6 is 0 Å². The molecule has 0 radical (unpaired) electrons. The van der Waals surface area contributed by atoms with Crippen LogP contribution in [-0.2, 0) is 21.7 Å². The first kappa shape index (κ1) is 17.8. The molecular formula is C14H21NO5S. The van der Waals surface area contributed by atoms with Crippen LogP contribution in [0.2, 0.25) is 0 Å². The Morgan fingerprint density at radius 3 is 2.24 bits per heavy atom. The van der Waals surface area contributed by atoms with Crippen molar-refractivity contribution in [1.82, 2.24) is 0 Å². The Hall–Kier alpha value is -1.25. The summed E-state index contributed by atoms with van der Waals surface area (Å²) in [5.41, 5.74) is 2.59. The molecule has 1 aliphatic rings. The van der Waals surface area contributed by atoms with E-state index in [1.807, 2.05) is 6.08 Å². The highest BCUT2D eigenvalue weighted by molar-refractivity contribution is 7.79. The van der Waals surface area contributed by atoms with Crippen molar-refractivity contribution in [2.24, 2.45) is 0 Å². The highest BCUT2D eigenvalue weighted by Crippen LogP contribution is 2.15. The summed E-state index contributed by atoms with van der Waals surface area (Å²) < 4.78 is 39.3. The highest BCUT2D eigenvalue weighted by atomic mass is 32.3. The van der Waals surface area contributed by atoms with Gasteiger partial charge in [-0.1, -0.05) is 36.9 Å². The average molecular weight is 315 g/mol. The largest absolute Gasteiger partial charge is 0.726 e. The number of nitrogens with zero attached hydrogens (tertiary/aromatic N) is 1. The number of hydrogen-bond acceptors (Lipinski definition) is 4. The molecule has 1 heterocycles. The first-order valence-corrected chi connectivity index (χ1v) is 7.89. The molecule has 1 fully saturated rings. The topological polar surface area (TPSA) is 86.7 Å². The SMILES string of the molecule is C=Cc1ccc(C[N+]2(C)CCOCC2)cc1.O=S(=O)([O-])O. The maximum absolute atomic E-state index is 8.63. The summed E-state index contributed by atoms with van der Waals surface area (Å²) in [7, 11) is -2.61. The maximum atomic E-state index is 8.63. The minimum absolute atomic E-state index is 0.890. The van der Waals surface area contributed by atoms with E-state index in [2.05, 4.69) is 37.9 Å². The Labute approximate surface area is 125 Å². The quantitative estimate of drug-likeness (QED) is 0.516. The number of ether oxygens (including phenoxy) is 1. The highest BCUT2D eigenvalue weighted by Gasteiger charge is 2.25. The predicted molar refractivity (Wildman–Crippen MR) is 79.3 cm³/mol. The molecular weight excluding hydrogens is 294 g/mol. The Bertz CT molecular complexity index is 539. The van der Waals surface area contributed by atoms with E-state index in [-0.39, 0.29) is 0 Å².